The first kappa shape index (κ1) is 24.9. The van der Waals surface area contributed by atoms with E-state index in [9.17, 15) is 18.0 Å². The maximum Gasteiger partial charge on any atom is 0.254 e. The van der Waals surface area contributed by atoms with Gasteiger partial charge >= 0.3 is 0 Å². The highest BCUT2D eigenvalue weighted by Gasteiger charge is 2.35. The van der Waals surface area contributed by atoms with Crippen molar-refractivity contribution in [3.8, 4) is 16.9 Å². The first-order chi connectivity index (χ1) is 18.4. The molecule has 2 aromatic heterocycles. The molecule has 200 valence electrons. The monoisotopic (exact) mass is 526 g/mol. The van der Waals surface area contributed by atoms with Crippen molar-refractivity contribution in [1.29, 1.82) is 0 Å². The van der Waals surface area contributed by atoms with Gasteiger partial charge in [-0.3, -0.25) is 9.69 Å². The molecule has 11 heteroatoms. The van der Waals surface area contributed by atoms with Crippen molar-refractivity contribution in [2.45, 2.75) is 50.5 Å². The zero-order valence-corrected chi connectivity index (χ0v) is 21.0. The zero-order valence-electron chi connectivity index (χ0n) is 21.0. The number of anilines is 1. The number of imidazole rings is 1. The third-order valence-electron chi connectivity index (χ3n) is 7.48. The average molecular weight is 527 g/mol. The van der Waals surface area contributed by atoms with Crippen molar-refractivity contribution >= 4 is 11.6 Å². The number of carbonyl (C=O) groups is 1. The van der Waals surface area contributed by atoms with Crippen molar-refractivity contribution in [2.24, 2.45) is 0 Å². The number of carbonyl (C=O) groups excluding carboxylic acids is 1. The minimum Gasteiger partial charge on any atom is -0.378 e. The van der Waals surface area contributed by atoms with E-state index in [2.05, 4.69) is 25.5 Å². The van der Waals surface area contributed by atoms with E-state index >= 15 is 0 Å². The van der Waals surface area contributed by atoms with E-state index in [0.29, 0.717) is 48.8 Å². The lowest BCUT2D eigenvalue weighted by atomic mass is 10.00. The fourth-order valence-electron chi connectivity index (χ4n) is 4.98. The molecule has 4 heterocycles. The summed E-state index contributed by atoms with van der Waals surface area (Å²) in [7, 11) is 0. The first-order valence-electron chi connectivity index (χ1n) is 12.9. The van der Waals surface area contributed by atoms with Gasteiger partial charge in [-0.2, -0.15) is 4.39 Å². The van der Waals surface area contributed by atoms with Crippen molar-refractivity contribution in [1.82, 2.24) is 24.8 Å². The van der Waals surface area contributed by atoms with Gasteiger partial charge in [0.05, 0.1) is 66.0 Å². The number of pyridine rings is 1. The molecule has 6 rings (SSSR count). The molecule has 3 fully saturated rings. The Balaban J connectivity index is 1.20. The van der Waals surface area contributed by atoms with E-state index in [1.807, 2.05) is 0 Å². The molecule has 0 spiro atoms. The molecule has 2 atom stereocenters. The molecular weight excluding hydrogens is 497 g/mol. The molecule has 0 bridgehead atoms. The van der Waals surface area contributed by atoms with Crippen LogP contribution in [0.5, 0.6) is 0 Å². The Kier molecular flexibility index (Phi) is 6.56. The third kappa shape index (κ3) is 5.00. The summed E-state index contributed by atoms with van der Waals surface area (Å²) in [4.78, 5) is 22.8. The van der Waals surface area contributed by atoms with E-state index in [4.69, 9.17) is 4.74 Å². The number of hydrogen-bond donors (Lipinski definition) is 2. The summed E-state index contributed by atoms with van der Waals surface area (Å²) >= 11 is 0. The van der Waals surface area contributed by atoms with E-state index in [1.54, 1.807) is 23.8 Å². The van der Waals surface area contributed by atoms with Crippen molar-refractivity contribution < 1.29 is 22.7 Å². The number of aromatic nitrogens is 3. The number of ether oxygens (including phenoxy) is 1. The number of rotatable bonds is 7. The van der Waals surface area contributed by atoms with Gasteiger partial charge in [0.25, 0.3) is 5.91 Å². The van der Waals surface area contributed by atoms with Crippen LogP contribution in [0.3, 0.4) is 0 Å². The minimum atomic E-state index is -1.08. The second-order valence-corrected chi connectivity index (χ2v) is 10.3. The largest absolute Gasteiger partial charge is 0.378 e. The summed E-state index contributed by atoms with van der Waals surface area (Å²) in [6.45, 7) is 4.11. The number of benzene rings is 1. The van der Waals surface area contributed by atoms with Crippen LogP contribution in [0.4, 0.5) is 18.9 Å². The molecule has 0 unspecified atom stereocenters. The lowest BCUT2D eigenvalue weighted by Gasteiger charge is -2.43. The molecule has 2 saturated heterocycles. The van der Waals surface area contributed by atoms with E-state index < -0.39 is 29.9 Å². The highest BCUT2D eigenvalue weighted by atomic mass is 19.1. The highest BCUT2D eigenvalue weighted by Crippen LogP contribution is 2.28. The number of likely N-dealkylation sites (tertiary alicyclic amines) is 1. The average Bonchev–Trinajstić information content (AvgIpc) is 3.53. The predicted molar refractivity (Wildman–Crippen MR) is 135 cm³/mol. The lowest BCUT2D eigenvalue weighted by molar-refractivity contribution is -0.0794. The summed E-state index contributed by atoms with van der Waals surface area (Å²) in [5, 5.41) is 5.98. The number of amides is 1. The van der Waals surface area contributed by atoms with Gasteiger partial charge in [-0.25, -0.2) is 18.7 Å². The van der Waals surface area contributed by atoms with Crippen LogP contribution in [0.15, 0.2) is 36.9 Å². The van der Waals surface area contributed by atoms with E-state index in [1.165, 1.54) is 24.7 Å². The Bertz CT molecular complexity index is 1360. The Morgan fingerprint density at radius 3 is 2.66 bits per heavy atom. The van der Waals surface area contributed by atoms with Gasteiger partial charge in [0.2, 0.25) is 5.95 Å². The predicted octanol–water partition coefficient (Wildman–Crippen LogP) is 3.64. The molecule has 2 aliphatic heterocycles. The molecule has 1 amide bonds. The number of nitrogens with one attached hydrogen (secondary N) is 2. The summed E-state index contributed by atoms with van der Waals surface area (Å²) in [6.07, 6.45) is 5.75. The molecule has 1 saturated carbocycles. The molecule has 0 radical (unpaired) electrons. The number of piperidine rings is 1. The van der Waals surface area contributed by atoms with Crippen LogP contribution in [0.2, 0.25) is 0 Å². The quantitative estimate of drug-likeness (QED) is 0.458. The second-order valence-electron chi connectivity index (χ2n) is 10.3. The van der Waals surface area contributed by atoms with Crippen molar-refractivity contribution in [3.05, 3.63) is 59.8 Å². The van der Waals surface area contributed by atoms with Crippen LogP contribution in [-0.4, -0.2) is 75.9 Å². The first-order valence-corrected chi connectivity index (χ1v) is 12.9. The van der Waals surface area contributed by atoms with Crippen LogP contribution < -0.4 is 10.6 Å². The lowest BCUT2D eigenvalue weighted by Crippen LogP contribution is -2.57. The summed E-state index contributed by atoms with van der Waals surface area (Å²) in [6, 6.07) is 4.33. The topological polar surface area (TPSA) is 84.3 Å². The third-order valence-corrected chi connectivity index (χ3v) is 7.48. The number of alkyl halides is 1. The van der Waals surface area contributed by atoms with E-state index in [-0.39, 0.29) is 23.2 Å². The van der Waals surface area contributed by atoms with Gasteiger partial charge in [0.1, 0.15) is 12.0 Å². The molecule has 8 nitrogen and oxygen atoms in total. The number of hydrogen-bond acceptors (Lipinski definition) is 6. The van der Waals surface area contributed by atoms with Gasteiger partial charge in [0.15, 0.2) is 0 Å². The fraction of sp³-hybridized carbons (Fsp3) is 0.444. The Morgan fingerprint density at radius 2 is 1.95 bits per heavy atom. The molecular formula is C27H29F3N6O2. The SMILES string of the molecule is Cc1cc(F)c(C(=O)NC2CC2)cc1-n1cnc(-c2cc(N[C@H]3CCN(C4COC4)C[C@H]3F)cnc2F)c1. The highest BCUT2D eigenvalue weighted by molar-refractivity contribution is 5.95. The summed E-state index contributed by atoms with van der Waals surface area (Å²) in [5.41, 5.74) is 2.06. The Hall–Kier alpha value is -3.44. The van der Waals surface area contributed by atoms with Gasteiger partial charge < -0.3 is 19.9 Å². The molecule has 3 aliphatic rings. The van der Waals surface area contributed by atoms with Gasteiger partial charge in [0, 0.05) is 25.3 Å². The van der Waals surface area contributed by atoms with Crippen LogP contribution >= 0.6 is 0 Å². The van der Waals surface area contributed by atoms with Gasteiger partial charge in [-0.05, 0) is 49.9 Å². The van der Waals surface area contributed by atoms with Crippen molar-refractivity contribution in [3.63, 3.8) is 0 Å². The molecule has 38 heavy (non-hydrogen) atoms. The smallest absolute Gasteiger partial charge is 0.254 e. The standard InChI is InChI=1S/C27H29F3N6O2/c1-15-6-21(28)19(27(37)34-16-2-3-16)8-25(15)36-11-24(32-14-36)20-7-17(9-31-26(20)30)33-23-4-5-35(10-22(23)29)18-12-38-13-18/h6-9,11,14,16,18,22-23,33H,2-5,10,12-13H2,1H3,(H,34,37)/t22-,23+/m1/s1. The van der Waals surface area contributed by atoms with Gasteiger partial charge in [-0.1, -0.05) is 0 Å². The Morgan fingerprint density at radius 1 is 1.13 bits per heavy atom. The van der Waals surface area contributed by atoms with Crippen LogP contribution in [0, 0.1) is 18.7 Å². The molecule has 2 N–H and O–H groups in total. The van der Waals surface area contributed by atoms with Gasteiger partial charge in [-0.15, -0.1) is 0 Å². The Labute approximate surface area is 218 Å². The number of nitrogens with zero attached hydrogens (tertiary/aromatic N) is 4. The van der Waals surface area contributed by atoms with Crippen LogP contribution in [-0.2, 0) is 4.74 Å². The maximum atomic E-state index is 14.9. The number of halogens is 3. The second kappa shape index (κ2) is 10.0. The maximum absolute atomic E-state index is 14.9. The van der Waals surface area contributed by atoms with Crippen LogP contribution in [0.1, 0.15) is 35.2 Å². The molecule has 1 aromatic carbocycles. The number of aryl methyl sites for hydroxylation is 1. The normalized spacial score (nSPS) is 22.2. The summed E-state index contributed by atoms with van der Waals surface area (Å²) < 4.78 is 51.1. The van der Waals surface area contributed by atoms with Crippen LogP contribution in [0.25, 0.3) is 16.9 Å². The molecule has 1 aliphatic carbocycles. The van der Waals surface area contributed by atoms with E-state index in [0.717, 1.165) is 19.4 Å². The zero-order chi connectivity index (χ0) is 26.4. The molecule has 3 aromatic rings. The summed E-state index contributed by atoms with van der Waals surface area (Å²) in [5.74, 6) is -1.77. The fourth-order valence-corrected chi connectivity index (χ4v) is 4.98. The minimum absolute atomic E-state index is 0.0524. The van der Waals surface area contributed by atoms with Crippen molar-refractivity contribution in [2.75, 3.05) is 31.6 Å².